The van der Waals surface area contributed by atoms with Crippen LogP contribution < -0.4 is 20.1 Å². The van der Waals surface area contributed by atoms with Crippen LogP contribution in [-0.2, 0) is 12.8 Å². The maximum Gasteiger partial charge on any atom is 0.175 e. The number of anilines is 2. The third-order valence-corrected chi connectivity index (χ3v) is 4.08. The Morgan fingerprint density at radius 3 is 2.08 bits per heavy atom. The summed E-state index contributed by atoms with van der Waals surface area (Å²) in [5, 5.41) is 7.10. The molecular formula is C19H24N2O2S. The number of hydrogen-bond acceptors (Lipinski definition) is 3. The van der Waals surface area contributed by atoms with Gasteiger partial charge < -0.3 is 20.1 Å². The molecule has 24 heavy (non-hydrogen) atoms. The zero-order valence-electron chi connectivity index (χ0n) is 14.6. The Hall–Kier alpha value is -2.27. The van der Waals surface area contributed by atoms with Gasteiger partial charge in [0.25, 0.3) is 0 Å². The van der Waals surface area contributed by atoms with Gasteiger partial charge in [-0.1, -0.05) is 32.0 Å². The zero-order valence-corrected chi connectivity index (χ0v) is 15.4. The highest BCUT2D eigenvalue weighted by atomic mass is 32.1. The maximum absolute atomic E-state index is 5.48. The minimum Gasteiger partial charge on any atom is -0.493 e. The molecule has 0 aliphatic carbocycles. The summed E-state index contributed by atoms with van der Waals surface area (Å²) in [6.45, 7) is 4.29. The minimum atomic E-state index is 0.554. The van der Waals surface area contributed by atoms with Gasteiger partial charge in [-0.3, -0.25) is 0 Å². The molecular weight excluding hydrogens is 320 g/mol. The van der Waals surface area contributed by atoms with Crippen LogP contribution in [-0.4, -0.2) is 19.3 Å². The fourth-order valence-corrected chi connectivity index (χ4v) is 2.81. The number of ether oxygens (including phenoxy) is 2. The van der Waals surface area contributed by atoms with Crippen LogP contribution in [0.2, 0.25) is 0 Å². The van der Waals surface area contributed by atoms with Crippen molar-refractivity contribution < 1.29 is 9.47 Å². The topological polar surface area (TPSA) is 42.5 Å². The highest BCUT2D eigenvalue weighted by Crippen LogP contribution is 2.30. The first-order chi connectivity index (χ1) is 11.6. The van der Waals surface area contributed by atoms with E-state index in [-0.39, 0.29) is 0 Å². The number of rotatable bonds is 6. The molecule has 5 heteroatoms. The number of hydrogen-bond donors (Lipinski definition) is 2. The van der Waals surface area contributed by atoms with Gasteiger partial charge in [-0.25, -0.2) is 0 Å². The summed E-state index contributed by atoms with van der Waals surface area (Å²) in [6, 6.07) is 12.0. The minimum absolute atomic E-state index is 0.554. The SMILES string of the molecule is CCc1cccc(CC)c1NC(=S)Nc1ccc(OC)c(OC)c1. The molecule has 0 heterocycles. The molecule has 0 atom stereocenters. The van der Waals surface area contributed by atoms with Crippen LogP contribution in [0.15, 0.2) is 36.4 Å². The summed E-state index contributed by atoms with van der Waals surface area (Å²) in [6.07, 6.45) is 1.91. The summed E-state index contributed by atoms with van der Waals surface area (Å²) < 4.78 is 10.6. The summed E-state index contributed by atoms with van der Waals surface area (Å²) in [5.74, 6) is 1.35. The van der Waals surface area contributed by atoms with Crippen molar-refractivity contribution in [3.8, 4) is 11.5 Å². The molecule has 0 fully saturated rings. The lowest BCUT2D eigenvalue weighted by Gasteiger charge is -2.17. The molecule has 0 aliphatic heterocycles. The predicted octanol–water partition coefficient (Wildman–Crippen LogP) is 4.64. The molecule has 4 nitrogen and oxygen atoms in total. The number of benzene rings is 2. The van der Waals surface area contributed by atoms with Crippen molar-refractivity contribution >= 4 is 28.7 Å². The molecule has 0 unspecified atom stereocenters. The van der Waals surface area contributed by atoms with Gasteiger partial charge in [0.2, 0.25) is 0 Å². The van der Waals surface area contributed by atoms with E-state index in [0.717, 1.165) is 24.2 Å². The van der Waals surface area contributed by atoms with Crippen molar-refractivity contribution in [1.29, 1.82) is 0 Å². The van der Waals surface area contributed by atoms with Crippen LogP contribution in [0.3, 0.4) is 0 Å². The van der Waals surface area contributed by atoms with E-state index in [0.29, 0.717) is 16.6 Å². The fourth-order valence-electron chi connectivity index (χ4n) is 2.59. The molecule has 0 aliphatic rings. The number of nitrogens with one attached hydrogen (secondary N) is 2. The molecule has 2 aromatic rings. The molecule has 0 amide bonds. The molecule has 2 N–H and O–H groups in total. The van der Waals surface area contributed by atoms with Crippen molar-refractivity contribution in [3.05, 3.63) is 47.5 Å². The van der Waals surface area contributed by atoms with Crippen LogP contribution >= 0.6 is 12.2 Å². The quantitative estimate of drug-likeness (QED) is 0.748. The molecule has 0 saturated heterocycles. The first-order valence-electron chi connectivity index (χ1n) is 8.03. The van der Waals surface area contributed by atoms with Crippen molar-refractivity contribution in [3.63, 3.8) is 0 Å². The van der Waals surface area contributed by atoms with Crippen LogP contribution in [0.5, 0.6) is 11.5 Å². The van der Waals surface area contributed by atoms with Crippen molar-refractivity contribution in [2.24, 2.45) is 0 Å². The first-order valence-corrected chi connectivity index (χ1v) is 8.44. The molecule has 0 bridgehead atoms. The molecule has 2 rings (SSSR count). The predicted molar refractivity (Wildman–Crippen MR) is 105 cm³/mol. The highest BCUT2D eigenvalue weighted by molar-refractivity contribution is 7.80. The lowest BCUT2D eigenvalue weighted by Crippen LogP contribution is -2.21. The number of methoxy groups -OCH3 is 2. The lowest BCUT2D eigenvalue weighted by atomic mass is 10.0. The Balaban J connectivity index is 2.17. The van der Waals surface area contributed by atoms with Gasteiger partial charge in [0.15, 0.2) is 16.6 Å². The van der Waals surface area contributed by atoms with Crippen molar-refractivity contribution in [2.45, 2.75) is 26.7 Å². The molecule has 0 saturated carbocycles. The third kappa shape index (κ3) is 4.17. The van der Waals surface area contributed by atoms with Gasteiger partial charge in [-0.15, -0.1) is 0 Å². The summed E-state index contributed by atoms with van der Waals surface area (Å²) in [4.78, 5) is 0. The van der Waals surface area contributed by atoms with Crippen LogP contribution in [0.1, 0.15) is 25.0 Å². The summed E-state index contributed by atoms with van der Waals surface area (Å²) in [7, 11) is 3.23. The average Bonchev–Trinajstić information content (AvgIpc) is 2.61. The molecule has 128 valence electrons. The van der Waals surface area contributed by atoms with Gasteiger partial charge in [0.05, 0.1) is 14.2 Å². The van der Waals surface area contributed by atoms with E-state index >= 15 is 0 Å². The average molecular weight is 344 g/mol. The molecule has 2 aromatic carbocycles. The van der Waals surface area contributed by atoms with Crippen LogP contribution in [0.4, 0.5) is 11.4 Å². The number of thiocarbonyl (C=S) groups is 1. The van der Waals surface area contributed by atoms with E-state index in [1.807, 2.05) is 18.2 Å². The van der Waals surface area contributed by atoms with Gasteiger partial charge in [0, 0.05) is 17.4 Å². The monoisotopic (exact) mass is 344 g/mol. The number of para-hydroxylation sites is 1. The molecule has 0 radical (unpaired) electrons. The van der Waals surface area contributed by atoms with Gasteiger partial charge >= 0.3 is 0 Å². The smallest absolute Gasteiger partial charge is 0.175 e. The molecule has 0 aromatic heterocycles. The second-order valence-electron chi connectivity index (χ2n) is 5.31. The fraction of sp³-hybridized carbons (Fsp3) is 0.316. The van der Waals surface area contributed by atoms with Gasteiger partial charge in [-0.2, -0.15) is 0 Å². The van der Waals surface area contributed by atoms with E-state index in [4.69, 9.17) is 21.7 Å². The summed E-state index contributed by atoms with van der Waals surface area (Å²) >= 11 is 5.48. The second kappa shape index (κ2) is 8.55. The maximum atomic E-state index is 5.48. The van der Waals surface area contributed by atoms with Crippen molar-refractivity contribution in [1.82, 2.24) is 0 Å². The normalized spacial score (nSPS) is 10.2. The van der Waals surface area contributed by atoms with Gasteiger partial charge in [-0.05, 0) is 48.3 Å². The van der Waals surface area contributed by atoms with Gasteiger partial charge in [0.1, 0.15) is 0 Å². The summed E-state index contributed by atoms with van der Waals surface area (Å²) in [5.41, 5.74) is 4.45. The van der Waals surface area contributed by atoms with Crippen LogP contribution in [0.25, 0.3) is 0 Å². The lowest BCUT2D eigenvalue weighted by molar-refractivity contribution is 0.355. The van der Waals surface area contributed by atoms with E-state index in [2.05, 4.69) is 42.7 Å². The van der Waals surface area contributed by atoms with E-state index < -0.39 is 0 Å². The Kier molecular flexibility index (Phi) is 6.44. The Morgan fingerprint density at radius 1 is 0.917 bits per heavy atom. The van der Waals surface area contributed by atoms with E-state index in [1.54, 1.807) is 14.2 Å². The first kappa shape index (κ1) is 18.1. The largest absolute Gasteiger partial charge is 0.493 e. The zero-order chi connectivity index (χ0) is 17.5. The standard InChI is InChI=1S/C19H24N2O2S/c1-5-13-8-7-9-14(6-2)18(13)21-19(24)20-15-10-11-16(22-3)17(12-15)23-4/h7-12H,5-6H2,1-4H3,(H2,20,21,24). The second-order valence-corrected chi connectivity index (χ2v) is 5.72. The van der Waals surface area contributed by atoms with Crippen LogP contribution in [0, 0.1) is 0 Å². The third-order valence-electron chi connectivity index (χ3n) is 3.88. The molecule has 0 spiro atoms. The van der Waals surface area contributed by atoms with E-state index in [1.165, 1.54) is 11.1 Å². The van der Waals surface area contributed by atoms with Crippen molar-refractivity contribution in [2.75, 3.05) is 24.9 Å². The Morgan fingerprint density at radius 2 is 1.54 bits per heavy atom. The Bertz CT molecular complexity index is 694. The Labute approximate surface area is 149 Å². The van der Waals surface area contributed by atoms with E-state index in [9.17, 15) is 0 Å². The highest BCUT2D eigenvalue weighted by Gasteiger charge is 2.09. The number of aryl methyl sites for hydroxylation is 2.